The predicted molar refractivity (Wildman–Crippen MR) is 92.3 cm³/mol. The van der Waals surface area contributed by atoms with Gasteiger partial charge in [0, 0.05) is 36.2 Å². The van der Waals surface area contributed by atoms with E-state index in [-0.39, 0.29) is 0 Å². The molecule has 1 fully saturated rings. The maximum Gasteiger partial charge on any atom is 0.404 e. The molecule has 1 aliphatic heterocycles. The largest absolute Gasteiger partial charge is 0.465 e. The molecule has 0 radical (unpaired) electrons. The SMILES string of the molecule is O=C(O)NCCC1CCN(c2nccc3ccc(Cl)cc23)CC1. The highest BCUT2D eigenvalue weighted by atomic mass is 35.5. The number of benzene rings is 1. The molecule has 0 unspecified atom stereocenters. The number of pyridine rings is 1. The van der Waals surface area contributed by atoms with Crippen molar-refractivity contribution in [3.63, 3.8) is 0 Å². The van der Waals surface area contributed by atoms with Crippen molar-refractivity contribution in [2.75, 3.05) is 24.5 Å². The zero-order valence-electron chi connectivity index (χ0n) is 12.8. The number of halogens is 1. The Morgan fingerprint density at radius 1 is 1.35 bits per heavy atom. The van der Waals surface area contributed by atoms with Gasteiger partial charge in [0.25, 0.3) is 0 Å². The minimum Gasteiger partial charge on any atom is -0.465 e. The molecule has 2 aromatic rings. The van der Waals surface area contributed by atoms with Gasteiger partial charge in [-0.05, 0) is 48.8 Å². The quantitative estimate of drug-likeness (QED) is 0.894. The lowest BCUT2D eigenvalue weighted by molar-refractivity contribution is 0.193. The van der Waals surface area contributed by atoms with Crippen LogP contribution in [0.15, 0.2) is 30.5 Å². The predicted octanol–water partition coefficient (Wildman–Crippen LogP) is 3.76. The van der Waals surface area contributed by atoms with Crippen molar-refractivity contribution >= 4 is 34.3 Å². The number of amides is 1. The van der Waals surface area contributed by atoms with Crippen LogP contribution in [0, 0.1) is 5.92 Å². The Bertz CT molecular complexity index is 699. The van der Waals surface area contributed by atoms with E-state index in [1.165, 1.54) is 0 Å². The van der Waals surface area contributed by atoms with E-state index in [1.807, 2.05) is 30.5 Å². The number of aromatic nitrogens is 1. The third-order valence-corrected chi connectivity index (χ3v) is 4.69. The molecule has 1 aromatic heterocycles. The van der Waals surface area contributed by atoms with Gasteiger partial charge in [-0.2, -0.15) is 0 Å². The number of piperidine rings is 1. The maximum absolute atomic E-state index is 10.5. The molecule has 0 aliphatic carbocycles. The molecule has 0 bridgehead atoms. The van der Waals surface area contributed by atoms with Crippen LogP contribution in [-0.2, 0) is 0 Å². The first-order valence-corrected chi connectivity index (χ1v) is 8.27. The number of hydrogen-bond acceptors (Lipinski definition) is 3. The minimum atomic E-state index is -0.945. The topological polar surface area (TPSA) is 65.5 Å². The van der Waals surface area contributed by atoms with Crippen LogP contribution in [0.5, 0.6) is 0 Å². The highest BCUT2D eigenvalue weighted by Gasteiger charge is 2.21. The number of carboxylic acid groups (broad SMARTS) is 1. The second-order valence-electron chi connectivity index (χ2n) is 5.95. The summed E-state index contributed by atoms with van der Waals surface area (Å²) in [5, 5.41) is 14.0. The second-order valence-corrected chi connectivity index (χ2v) is 6.39. The molecule has 1 aliphatic rings. The summed E-state index contributed by atoms with van der Waals surface area (Å²) in [5.41, 5.74) is 0. The molecule has 1 amide bonds. The fourth-order valence-corrected chi connectivity index (χ4v) is 3.37. The van der Waals surface area contributed by atoms with Crippen molar-refractivity contribution in [1.29, 1.82) is 0 Å². The third kappa shape index (κ3) is 3.85. The summed E-state index contributed by atoms with van der Waals surface area (Å²) in [4.78, 5) is 17.4. The molecule has 3 rings (SSSR count). The van der Waals surface area contributed by atoms with Gasteiger partial charge in [0.2, 0.25) is 0 Å². The number of rotatable bonds is 4. The second kappa shape index (κ2) is 7.04. The van der Waals surface area contributed by atoms with Crippen molar-refractivity contribution in [1.82, 2.24) is 10.3 Å². The summed E-state index contributed by atoms with van der Waals surface area (Å²) in [6.07, 6.45) is 3.91. The van der Waals surface area contributed by atoms with Crippen molar-refractivity contribution in [3.8, 4) is 0 Å². The standard InChI is InChI=1S/C17H20ClN3O2/c18-14-2-1-13-4-8-19-16(15(13)11-14)21-9-5-12(6-10-21)3-7-20-17(22)23/h1-2,4,8,11-12,20H,3,5-7,9-10H2,(H,22,23). The normalized spacial score (nSPS) is 15.8. The van der Waals surface area contributed by atoms with Crippen molar-refractivity contribution in [3.05, 3.63) is 35.5 Å². The van der Waals surface area contributed by atoms with E-state index in [0.717, 1.165) is 54.0 Å². The van der Waals surface area contributed by atoms with E-state index in [9.17, 15) is 4.79 Å². The van der Waals surface area contributed by atoms with Crippen LogP contribution in [0.25, 0.3) is 10.8 Å². The number of nitrogens with one attached hydrogen (secondary N) is 1. The molecule has 1 saturated heterocycles. The fourth-order valence-electron chi connectivity index (χ4n) is 3.19. The molecule has 2 heterocycles. The van der Waals surface area contributed by atoms with Gasteiger partial charge in [-0.15, -0.1) is 0 Å². The van der Waals surface area contributed by atoms with Gasteiger partial charge in [-0.1, -0.05) is 17.7 Å². The summed E-state index contributed by atoms with van der Waals surface area (Å²) in [7, 11) is 0. The fraction of sp³-hybridized carbons (Fsp3) is 0.412. The zero-order valence-corrected chi connectivity index (χ0v) is 13.6. The highest BCUT2D eigenvalue weighted by Crippen LogP contribution is 2.30. The summed E-state index contributed by atoms with van der Waals surface area (Å²) >= 11 is 6.13. The zero-order chi connectivity index (χ0) is 16.2. The summed E-state index contributed by atoms with van der Waals surface area (Å²) in [6.45, 7) is 2.41. The van der Waals surface area contributed by atoms with Crippen LogP contribution in [-0.4, -0.2) is 35.8 Å². The number of carbonyl (C=O) groups is 1. The molecule has 0 saturated carbocycles. The van der Waals surface area contributed by atoms with Crippen LogP contribution in [0.1, 0.15) is 19.3 Å². The smallest absolute Gasteiger partial charge is 0.404 e. The van der Waals surface area contributed by atoms with E-state index < -0.39 is 6.09 Å². The van der Waals surface area contributed by atoms with Crippen LogP contribution < -0.4 is 10.2 Å². The van der Waals surface area contributed by atoms with Crippen molar-refractivity contribution < 1.29 is 9.90 Å². The molecule has 23 heavy (non-hydrogen) atoms. The first kappa shape index (κ1) is 15.9. The Balaban J connectivity index is 1.66. The lowest BCUT2D eigenvalue weighted by Crippen LogP contribution is -2.35. The molecule has 2 N–H and O–H groups in total. The summed E-state index contributed by atoms with van der Waals surface area (Å²) < 4.78 is 0. The van der Waals surface area contributed by atoms with Crippen LogP contribution in [0.2, 0.25) is 5.02 Å². The van der Waals surface area contributed by atoms with E-state index >= 15 is 0 Å². The number of anilines is 1. The monoisotopic (exact) mass is 333 g/mol. The highest BCUT2D eigenvalue weighted by molar-refractivity contribution is 6.31. The van der Waals surface area contributed by atoms with Gasteiger partial charge in [0.15, 0.2) is 0 Å². The Morgan fingerprint density at radius 3 is 2.87 bits per heavy atom. The minimum absolute atomic E-state index is 0.530. The van der Waals surface area contributed by atoms with Gasteiger partial charge in [-0.3, -0.25) is 0 Å². The van der Waals surface area contributed by atoms with E-state index in [2.05, 4.69) is 15.2 Å². The number of nitrogens with zero attached hydrogens (tertiary/aromatic N) is 2. The Hall–Kier alpha value is -2.01. The third-order valence-electron chi connectivity index (χ3n) is 4.45. The molecule has 5 nitrogen and oxygen atoms in total. The van der Waals surface area contributed by atoms with Crippen LogP contribution in [0.4, 0.5) is 10.6 Å². The van der Waals surface area contributed by atoms with Gasteiger partial charge < -0.3 is 15.3 Å². The van der Waals surface area contributed by atoms with E-state index in [1.54, 1.807) is 0 Å². The van der Waals surface area contributed by atoms with Crippen molar-refractivity contribution in [2.24, 2.45) is 5.92 Å². The lowest BCUT2D eigenvalue weighted by Gasteiger charge is -2.33. The molecule has 1 aromatic carbocycles. The average molecular weight is 334 g/mol. The van der Waals surface area contributed by atoms with Crippen molar-refractivity contribution in [2.45, 2.75) is 19.3 Å². The maximum atomic E-state index is 10.5. The average Bonchev–Trinajstić information content (AvgIpc) is 2.55. The summed E-state index contributed by atoms with van der Waals surface area (Å²) in [5.74, 6) is 1.56. The van der Waals surface area contributed by atoms with Gasteiger partial charge in [0.05, 0.1) is 0 Å². The first-order chi connectivity index (χ1) is 11.1. The molecule has 6 heteroatoms. The molecular formula is C17H20ClN3O2. The lowest BCUT2D eigenvalue weighted by atomic mass is 9.93. The molecule has 0 spiro atoms. The van der Waals surface area contributed by atoms with E-state index in [0.29, 0.717) is 12.5 Å². The van der Waals surface area contributed by atoms with Gasteiger partial charge >= 0.3 is 6.09 Å². The number of fused-ring (bicyclic) bond motifs is 1. The number of hydrogen-bond donors (Lipinski definition) is 2. The van der Waals surface area contributed by atoms with Gasteiger partial charge in [0.1, 0.15) is 5.82 Å². The summed E-state index contributed by atoms with van der Waals surface area (Å²) in [6, 6.07) is 7.89. The molecule has 0 atom stereocenters. The van der Waals surface area contributed by atoms with Gasteiger partial charge in [-0.25, -0.2) is 9.78 Å². The van der Waals surface area contributed by atoms with Crippen LogP contribution in [0.3, 0.4) is 0 Å². The molecular weight excluding hydrogens is 314 g/mol. The Kier molecular flexibility index (Phi) is 4.86. The first-order valence-electron chi connectivity index (χ1n) is 7.89. The Morgan fingerprint density at radius 2 is 2.13 bits per heavy atom. The van der Waals surface area contributed by atoms with E-state index in [4.69, 9.17) is 16.7 Å². The Labute approximate surface area is 140 Å². The molecule has 122 valence electrons. The van der Waals surface area contributed by atoms with Crippen LogP contribution >= 0.6 is 11.6 Å².